The zero-order valence-electron chi connectivity index (χ0n) is 12.3. The van der Waals surface area contributed by atoms with E-state index in [0.29, 0.717) is 13.0 Å². The summed E-state index contributed by atoms with van der Waals surface area (Å²) in [6.07, 6.45) is 2.71. The summed E-state index contributed by atoms with van der Waals surface area (Å²) in [4.78, 5) is 15.5. The van der Waals surface area contributed by atoms with Gasteiger partial charge in [-0.15, -0.1) is 11.3 Å². The van der Waals surface area contributed by atoms with E-state index in [4.69, 9.17) is 0 Å². The largest absolute Gasteiger partial charge is 0.338 e. The number of benzene rings is 1. The lowest BCUT2D eigenvalue weighted by molar-refractivity contribution is 0.194. The second-order valence-electron chi connectivity index (χ2n) is 5.48. The minimum Gasteiger partial charge on any atom is -0.338 e. The summed E-state index contributed by atoms with van der Waals surface area (Å²) in [7, 11) is 0. The Hall–Kier alpha value is -1.88. The highest BCUT2D eigenvalue weighted by Crippen LogP contribution is 2.34. The predicted molar refractivity (Wildman–Crippen MR) is 86.5 cm³/mol. The van der Waals surface area contributed by atoms with Crippen LogP contribution in [0.1, 0.15) is 29.3 Å². The van der Waals surface area contributed by atoms with Gasteiger partial charge in [-0.1, -0.05) is 18.2 Å². The molecule has 1 atom stereocenters. The van der Waals surface area contributed by atoms with Gasteiger partial charge in [0.05, 0.1) is 6.04 Å². The standard InChI is InChI=1S/C17H19FN2OS/c18-14-5-1-4-13(12-14)8-9-19-17(21)20-10-2-6-15(20)16-7-3-11-22-16/h1,3-5,7,11-12,15H,2,6,8-10H2,(H,19,21). The smallest absolute Gasteiger partial charge is 0.317 e. The highest BCUT2D eigenvalue weighted by Gasteiger charge is 2.30. The molecule has 116 valence electrons. The molecule has 0 saturated carbocycles. The quantitative estimate of drug-likeness (QED) is 0.909. The van der Waals surface area contributed by atoms with Gasteiger partial charge in [-0.2, -0.15) is 0 Å². The zero-order valence-corrected chi connectivity index (χ0v) is 13.1. The first-order valence-electron chi connectivity index (χ1n) is 7.56. The Bertz CT molecular complexity index is 629. The Labute approximate surface area is 133 Å². The summed E-state index contributed by atoms with van der Waals surface area (Å²) >= 11 is 1.70. The molecule has 2 aromatic rings. The van der Waals surface area contributed by atoms with Crippen LogP contribution in [0.4, 0.5) is 9.18 Å². The van der Waals surface area contributed by atoms with Crippen LogP contribution in [0.5, 0.6) is 0 Å². The first kappa shape index (κ1) is 15.0. The number of amides is 2. The molecule has 2 heterocycles. The summed E-state index contributed by atoms with van der Waals surface area (Å²) in [6, 6.07) is 10.8. The van der Waals surface area contributed by atoms with Crippen molar-refractivity contribution < 1.29 is 9.18 Å². The monoisotopic (exact) mass is 318 g/mol. The van der Waals surface area contributed by atoms with Gasteiger partial charge in [0.15, 0.2) is 0 Å². The second kappa shape index (κ2) is 6.92. The normalized spacial score (nSPS) is 17.7. The molecule has 1 aromatic carbocycles. The van der Waals surface area contributed by atoms with E-state index >= 15 is 0 Å². The van der Waals surface area contributed by atoms with Crippen LogP contribution >= 0.6 is 11.3 Å². The molecular weight excluding hydrogens is 299 g/mol. The number of urea groups is 1. The van der Waals surface area contributed by atoms with Gasteiger partial charge in [0, 0.05) is 18.0 Å². The molecular formula is C17H19FN2OS. The van der Waals surface area contributed by atoms with Gasteiger partial charge in [0.1, 0.15) is 5.82 Å². The molecule has 1 fully saturated rings. The van der Waals surface area contributed by atoms with Crippen molar-refractivity contribution in [2.45, 2.75) is 25.3 Å². The molecule has 0 spiro atoms. The van der Waals surface area contributed by atoms with E-state index in [2.05, 4.69) is 11.4 Å². The Morgan fingerprint density at radius 2 is 2.27 bits per heavy atom. The van der Waals surface area contributed by atoms with Crippen LogP contribution < -0.4 is 5.32 Å². The summed E-state index contributed by atoms with van der Waals surface area (Å²) in [6.45, 7) is 1.32. The highest BCUT2D eigenvalue weighted by molar-refractivity contribution is 7.10. The average Bonchev–Trinajstić information content (AvgIpc) is 3.18. The third kappa shape index (κ3) is 3.47. The maximum absolute atomic E-state index is 13.1. The number of carbonyl (C=O) groups excluding carboxylic acids is 1. The Morgan fingerprint density at radius 1 is 1.36 bits per heavy atom. The molecule has 22 heavy (non-hydrogen) atoms. The average molecular weight is 318 g/mol. The fraction of sp³-hybridized carbons (Fsp3) is 0.353. The van der Waals surface area contributed by atoms with Gasteiger partial charge in [-0.25, -0.2) is 9.18 Å². The minimum absolute atomic E-state index is 0.0210. The van der Waals surface area contributed by atoms with Gasteiger partial charge in [-0.3, -0.25) is 0 Å². The molecule has 0 radical (unpaired) electrons. The number of carbonyl (C=O) groups is 1. The number of hydrogen-bond donors (Lipinski definition) is 1. The Kier molecular flexibility index (Phi) is 4.73. The van der Waals surface area contributed by atoms with Crippen molar-refractivity contribution in [3.05, 3.63) is 58.0 Å². The van der Waals surface area contributed by atoms with Crippen LogP contribution in [0.15, 0.2) is 41.8 Å². The van der Waals surface area contributed by atoms with E-state index in [0.717, 1.165) is 24.9 Å². The lowest BCUT2D eigenvalue weighted by Crippen LogP contribution is -2.40. The fourth-order valence-corrected chi connectivity index (χ4v) is 3.77. The molecule has 3 nitrogen and oxygen atoms in total. The SMILES string of the molecule is O=C(NCCc1cccc(F)c1)N1CCCC1c1cccs1. The number of likely N-dealkylation sites (tertiary alicyclic amines) is 1. The number of halogens is 1. The maximum atomic E-state index is 13.1. The van der Waals surface area contributed by atoms with Crippen molar-refractivity contribution in [2.75, 3.05) is 13.1 Å². The van der Waals surface area contributed by atoms with Crippen LogP contribution in [0.3, 0.4) is 0 Å². The van der Waals surface area contributed by atoms with Gasteiger partial charge >= 0.3 is 6.03 Å². The van der Waals surface area contributed by atoms with Crippen LogP contribution in [0.2, 0.25) is 0 Å². The van der Waals surface area contributed by atoms with E-state index in [9.17, 15) is 9.18 Å². The molecule has 1 aromatic heterocycles. The first-order valence-corrected chi connectivity index (χ1v) is 8.44. The van der Waals surface area contributed by atoms with Gasteiger partial charge < -0.3 is 10.2 Å². The third-order valence-corrected chi connectivity index (χ3v) is 4.94. The molecule has 0 aliphatic carbocycles. The number of thiophene rings is 1. The lowest BCUT2D eigenvalue weighted by Gasteiger charge is -2.24. The van der Waals surface area contributed by atoms with Crippen molar-refractivity contribution >= 4 is 17.4 Å². The van der Waals surface area contributed by atoms with Crippen LogP contribution in [0.25, 0.3) is 0 Å². The molecule has 5 heteroatoms. The molecule has 1 aliphatic rings. The molecule has 1 saturated heterocycles. The summed E-state index contributed by atoms with van der Waals surface area (Å²) in [5, 5.41) is 5.00. The number of nitrogens with zero attached hydrogens (tertiary/aromatic N) is 1. The van der Waals surface area contributed by atoms with Gasteiger partial charge in [0.2, 0.25) is 0 Å². The van der Waals surface area contributed by atoms with Gasteiger partial charge in [-0.05, 0) is 48.4 Å². The van der Waals surface area contributed by atoms with E-state index in [1.165, 1.54) is 17.0 Å². The first-order chi connectivity index (χ1) is 10.7. The maximum Gasteiger partial charge on any atom is 0.317 e. The van der Waals surface area contributed by atoms with Crippen molar-refractivity contribution in [1.29, 1.82) is 0 Å². The topological polar surface area (TPSA) is 32.3 Å². The summed E-state index contributed by atoms with van der Waals surface area (Å²) in [5.41, 5.74) is 0.900. The van der Waals surface area contributed by atoms with Crippen molar-refractivity contribution in [1.82, 2.24) is 10.2 Å². The highest BCUT2D eigenvalue weighted by atomic mass is 32.1. The number of hydrogen-bond acceptors (Lipinski definition) is 2. The molecule has 1 aliphatic heterocycles. The second-order valence-corrected chi connectivity index (χ2v) is 6.46. The third-order valence-electron chi connectivity index (χ3n) is 3.96. The summed E-state index contributed by atoms with van der Waals surface area (Å²) in [5.74, 6) is -0.235. The predicted octanol–water partition coefficient (Wildman–Crippen LogP) is 3.98. The lowest BCUT2D eigenvalue weighted by atomic mass is 10.1. The molecule has 3 rings (SSSR count). The zero-order chi connectivity index (χ0) is 15.4. The summed E-state index contributed by atoms with van der Waals surface area (Å²) < 4.78 is 13.1. The van der Waals surface area contributed by atoms with Crippen LogP contribution in [-0.4, -0.2) is 24.0 Å². The van der Waals surface area contributed by atoms with Gasteiger partial charge in [0.25, 0.3) is 0 Å². The number of nitrogens with one attached hydrogen (secondary N) is 1. The Morgan fingerprint density at radius 3 is 3.05 bits per heavy atom. The van der Waals surface area contributed by atoms with Crippen molar-refractivity contribution in [2.24, 2.45) is 0 Å². The number of rotatable bonds is 4. The molecule has 2 amide bonds. The minimum atomic E-state index is -0.235. The van der Waals surface area contributed by atoms with E-state index in [-0.39, 0.29) is 17.9 Å². The molecule has 1 unspecified atom stereocenters. The van der Waals surface area contributed by atoms with Crippen LogP contribution in [-0.2, 0) is 6.42 Å². The molecule has 0 bridgehead atoms. The van der Waals surface area contributed by atoms with Crippen molar-refractivity contribution in [3.8, 4) is 0 Å². The van der Waals surface area contributed by atoms with E-state index in [1.54, 1.807) is 17.4 Å². The van der Waals surface area contributed by atoms with E-state index in [1.807, 2.05) is 22.4 Å². The Balaban J connectivity index is 1.53. The molecule has 1 N–H and O–H groups in total. The fourth-order valence-electron chi connectivity index (χ4n) is 2.89. The van der Waals surface area contributed by atoms with Crippen molar-refractivity contribution in [3.63, 3.8) is 0 Å². The van der Waals surface area contributed by atoms with Crippen LogP contribution in [0, 0.1) is 5.82 Å². The van der Waals surface area contributed by atoms with E-state index < -0.39 is 0 Å².